The van der Waals surface area contributed by atoms with Crippen LogP contribution in [0.5, 0.6) is 0 Å². The number of nitrogens with two attached hydrogens (primary N) is 1. The zero-order valence-corrected chi connectivity index (χ0v) is 21.2. The van der Waals surface area contributed by atoms with Gasteiger partial charge in [0.25, 0.3) is 0 Å². The Bertz CT molecular complexity index is 924. The van der Waals surface area contributed by atoms with E-state index in [0.29, 0.717) is 18.0 Å². The molecule has 4 N–H and O–H groups in total. The number of H-pyrrole nitrogens is 1. The van der Waals surface area contributed by atoms with Crippen LogP contribution in [0.25, 0.3) is 0 Å². The number of hydrogen-bond acceptors (Lipinski definition) is 8. The third-order valence-corrected chi connectivity index (χ3v) is 10.6. The predicted octanol–water partition coefficient (Wildman–Crippen LogP) is 3.61. The number of aromatic nitrogens is 3. The summed E-state index contributed by atoms with van der Waals surface area (Å²) in [7, 11) is 0. The first-order valence-electron chi connectivity index (χ1n) is 12.2. The Balaban J connectivity index is 1.69. The Morgan fingerprint density at radius 3 is 2.70 bits per heavy atom. The number of thioether (sulfide) groups is 1. The Hall–Kier alpha value is -1.61. The topological polar surface area (TPSA) is 131 Å². The van der Waals surface area contributed by atoms with Gasteiger partial charge in [-0.2, -0.15) is 4.98 Å². The molecule has 8 nitrogen and oxygen atoms in total. The number of aliphatic hydroxyl groups is 1. The molecular formula is C24H38N4O4S. The molecule has 184 valence electrons. The first-order chi connectivity index (χ1) is 15.5. The van der Waals surface area contributed by atoms with Crippen molar-refractivity contribution in [1.29, 1.82) is 0 Å². The molecule has 9 heteroatoms. The molecule has 4 rings (SSSR count). The van der Waals surface area contributed by atoms with E-state index in [0.717, 1.165) is 25.7 Å². The van der Waals surface area contributed by atoms with Crippen molar-refractivity contribution in [1.82, 2.24) is 15.2 Å². The number of hydrogen-bond donors (Lipinski definition) is 3. The number of anilines is 1. The fourth-order valence-corrected chi connectivity index (χ4v) is 7.93. The minimum Gasteiger partial charge on any atom is -0.461 e. The second kappa shape index (κ2) is 8.56. The highest BCUT2D eigenvalue weighted by atomic mass is 32.2. The fraction of sp³-hybridized carbons (Fsp3) is 0.833. The van der Waals surface area contributed by atoms with E-state index in [-0.39, 0.29) is 46.6 Å². The molecule has 3 aliphatic rings. The van der Waals surface area contributed by atoms with Crippen molar-refractivity contribution in [2.45, 2.75) is 90.5 Å². The average Bonchev–Trinajstić information content (AvgIpc) is 3.36. The fourth-order valence-electron chi connectivity index (χ4n) is 7.35. The summed E-state index contributed by atoms with van der Waals surface area (Å²) in [5.74, 6) is 0.239. The number of nitrogens with one attached hydrogen (secondary N) is 1. The molecule has 1 aromatic rings. The van der Waals surface area contributed by atoms with Crippen LogP contribution >= 0.6 is 11.8 Å². The van der Waals surface area contributed by atoms with E-state index >= 15 is 0 Å². The standard InChI is InChI=1S/C24H38N4O4S/c1-6-22(4)11-16(32-17(30)12-33-21-26-20(25)27-28-21)23(5)13(2)7-9-24(14(3)19(22)31)10-8-15(29)18(23)24/h13-14,16,18-19,31H,6-12H2,1-5H3,(H3,25,26,27,28)/t13-,14-,16-,18-,19+,22-,23+,24+/m1/s1. The van der Waals surface area contributed by atoms with Crippen molar-refractivity contribution in [3.63, 3.8) is 0 Å². The van der Waals surface area contributed by atoms with Crippen molar-refractivity contribution in [2.24, 2.45) is 34.0 Å². The van der Waals surface area contributed by atoms with Gasteiger partial charge in [0.05, 0.1) is 11.9 Å². The first-order valence-corrected chi connectivity index (χ1v) is 13.2. The zero-order chi connectivity index (χ0) is 24.2. The normalized spacial score (nSPS) is 43.0. The van der Waals surface area contributed by atoms with Crippen LogP contribution in [0.4, 0.5) is 5.95 Å². The molecule has 8 atom stereocenters. The largest absolute Gasteiger partial charge is 0.461 e. The number of ether oxygens (including phenoxy) is 1. The molecule has 0 amide bonds. The Kier molecular flexibility index (Phi) is 6.36. The summed E-state index contributed by atoms with van der Waals surface area (Å²) in [5, 5.41) is 18.5. The van der Waals surface area contributed by atoms with Gasteiger partial charge in [-0.25, -0.2) is 5.10 Å². The van der Waals surface area contributed by atoms with Gasteiger partial charge in [-0.05, 0) is 54.8 Å². The number of carbonyl (C=O) groups is 2. The van der Waals surface area contributed by atoms with Crippen LogP contribution in [0.2, 0.25) is 0 Å². The number of esters is 1. The Morgan fingerprint density at radius 1 is 1.33 bits per heavy atom. The summed E-state index contributed by atoms with van der Waals surface area (Å²) < 4.78 is 6.23. The molecule has 0 saturated heterocycles. The number of aromatic amines is 1. The lowest BCUT2D eigenvalue weighted by molar-refractivity contribution is -0.211. The molecule has 1 heterocycles. The van der Waals surface area contributed by atoms with Gasteiger partial charge in [0, 0.05) is 17.8 Å². The maximum Gasteiger partial charge on any atom is 0.316 e. The van der Waals surface area contributed by atoms with Crippen molar-refractivity contribution < 1.29 is 19.4 Å². The van der Waals surface area contributed by atoms with E-state index < -0.39 is 23.0 Å². The number of aliphatic hydroxyl groups excluding tert-OH is 1. The van der Waals surface area contributed by atoms with Gasteiger partial charge >= 0.3 is 5.97 Å². The summed E-state index contributed by atoms with van der Waals surface area (Å²) in [6.07, 6.45) is 3.60. The third kappa shape index (κ3) is 3.79. The molecule has 3 fully saturated rings. The van der Waals surface area contributed by atoms with Crippen molar-refractivity contribution in [2.75, 3.05) is 11.5 Å². The number of nitrogen functional groups attached to an aromatic ring is 1. The maximum atomic E-state index is 13.4. The second-order valence-corrected chi connectivity index (χ2v) is 12.1. The minimum absolute atomic E-state index is 0.0223. The van der Waals surface area contributed by atoms with E-state index in [9.17, 15) is 14.7 Å². The van der Waals surface area contributed by atoms with Gasteiger partial charge in [0.15, 0.2) is 0 Å². The molecule has 0 radical (unpaired) electrons. The number of ketones is 1. The minimum atomic E-state index is -0.555. The molecule has 33 heavy (non-hydrogen) atoms. The van der Waals surface area contributed by atoms with Crippen molar-refractivity contribution >= 4 is 29.5 Å². The van der Waals surface area contributed by atoms with Crippen LogP contribution in [-0.4, -0.2) is 50.0 Å². The van der Waals surface area contributed by atoms with Crippen LogP contribution in [0.1, 0.15) is 73.1 Å². The molecule has 3 aliphatic carbocycles. The van der Waals surface area contributed by atoms with E-state index in [4.69, 9.17) is 10.5 Å². The molecule has 3 saturated carbocycles. The predicted molar refractivity (Wildman–Crippen MR) is 126 cm³/mol. The summed E-state index contributed by atoms with van der Waals surface area (Å²) in [5.41, 5.74) is 4.47. The zero-order valence-electron chi connectivity index (χ0n) is 20.4. The van der Waals surface area contributed by atoms with Gasteiger partial charge in [0.2, 0.25) is 11.1 Å². The molecular weight excluding hydrogens is 440 g/mol. The SMILES string of the molecule is CC[C@]1(C)C[C@@H](OC(=O)CSc2n[nH]c(N)n2)[C@]2(C)[C@H](C)CC[C@]3(CCC(=O)[C@@H]32)[C@H](C)[C@@H]1O. The molecule has 0 unspecified atom stereocenters. The number of carbonyl (C=O) groups excluding carboxylic acids is 2. The second-order valence-electron chi connectivity index (χ2n) is 11.2. The summed E-state index contributed by atoms with van der Waals surface area (Å²) >= 11 is 1.17. The number of rotatable bonds is 5. The van der Waals surface area contributed by atoms with Crippen LogP contribution < -0.4 is 5.73 Å². The Morgan fingerprint density at radius 2 is 2.06 bits per heavy atom. The van der Waals surface area contributed by atoms with Crippen LogP contribution in [0.15, 0.2) is 5.16 Å². The highest BCUT2D eigenvalue weighted by Crippen LogP contribution is 2.68. The van der Waals surface area contributed by atoms with Crippen LogP contribution in [0, 0.1) is 34.0 Å². The molecule has 0 spiro atoms. The highest BCUT2D eigenvalue weighted by molar-refractivity contribution is 7.99. The van der Waals surface area contributed by atoms with Gasteiger partial charge in [-0.1, -0.05) is 46.4 Å². The van der Waals surface area contributed by atoms with E-state index in [1.165, 1.54) is 11.8 Å². The Labute approximate surface area is 200 Å². The smallest absolute Gasteiger partial charge is 0.316 e. The van der Waals surface area contributed by atoms with Gasteiger partial charge in [-0.15, -0.1) is 5.10 Å². The lowest BCUT2D eigenvalue weighted by Crippen LogP contribution is -2.63. The van der Waals surface area contributed by atoms with Crippen molar-refractivity contribution in [3.05, 3.63) is 0 Å². The van der Waals surface area contributed by atoms with E-state index in [2.05, 4.69) is 49.8 Å². The molecule has 0 aromatic carbocycles. The average molecular weight is 479 g/mol. The highest BCUT2D eigenvalue weighted by Gasteiger charge is 2.68. The summed E-state index contributed by atoms with van der Waals surface area (Å²) in [6, 6.07) is 0. The maximum absolute atomic E-state index is 13.4. The van der Waals surface area contributed by atoms with Crippen LogP contribution in [0.3, 0.4) is 0 Å². The van der Waals surface area contributed by atoms with Gasteiger partial charge in [-0.3, -0.25) is 9.59 Å². The summed E-state index contributed by atoms with van der Waals surface area (Å²) in [6.45, 7) is 10.7. The lowest BCUT2D eigenvalue weighted by atomic mass is 9.43. The number of Topliss-reactive ketones (excluding diaryl/α,β-unsaturated/α-hetero) is 1. The number of nitrogens with zero attached hydrogens (tertiary/aromatic N) is 2. The van der Waals surface area contributed by atoms with E-state index in [1.54, 1.807) is 0 Å². The van der Waals surface area contributed by atoms with Gasteiger partial charge in [0.1, 0.15) is 11.9 Å². The van der Waals surface area contributed by atoms with Crippen LogP contribution in [-0.2, 0) is 14.3 Å². The third-order valence-electron chi connectivity index (χ3n) is 9.78. The molecule has 1 aromatic heterocycles. The van der Waals surface area contributed by atoms with Gasteiger partial charge < -0.3 is 15.6 Å². The quantitative estimate of drug-likeness (QED) is 0.432. The molecule has 0 aliphatic heterocycles. The van der Waals surface area contributed by atoms with Crippen molar-refractivity contribution in [3.8, 4) is 0 Å². The van der Waals surface area contributed by atoms with E-state index in [1.807, 2.05) is 0 Å². The summed E-state index contributed by atoms with van der Waals surface area (Å²) in [4.78, 5) is 30.5. The molecule has 2 bridgehead atoms. The first kappa shape index (κ1) is 24.5. The lowest BCUT2D eigenvalue weighted by Gasteiger charge is -2.62. The monoisotopic (exact) mass is 478 g/mol.